The van der Waals surface area contributed by atoms with Crippen molar-refractivity contribution in [1.82, 2.24) is 0 Å². The molecule has 1 aromatic rings. The average Bonchev–Trinajstić information content (AvgIpc) is 1.88. The Kier molecular flexibility index (Phi) is 3.82. The van der Waals surface area contributed by atoms with Crippen LogP contribution in [0.1, 0.15) is 0 Å². The van der Waals surface area contributed by atoms with Crippen LogP contribution < -0.4 is 0 Å². The van der Waals surface area contributed by atoms with Gasteiger partial charge in [0.25, 0.3) is 0 Å². The molecule has 0 fully saturated rings. The standard InChI is InChI=1S/C6H3FNO2.Rh/c7-5-3-1-2-4-6(5)8(9)10;/h1-2,4H;/q-1;. The summed E-state index contributed by atoms with van der Waals surface area (Å²) in [6.45, 7) is 0. The van der Waals surface area contributed by atoms with Crippen LogP contribution in [0.3, 0.4) is 0 Å². The second-order valence-corrected chi connectivity index (χ2v) is 1.63. The maximum absolute atomic E-state index is 12.3. The number of rotatable bonds is 1. The zero-order valence-corrected chi connectivity index (χ0v) is 6.85. The Morgan fingerprint density at radius 2 is 2.27 bits per heavy atom. The first-order valence-electron chi connectivity index (χ1n) is 2.52. The number of hydrogen-bond donors (Lipinski definition) is 0. The Morgan fingerprint density at radius 3 is 2.64 bits per heavy atom. The van der Waals surface area contributed by atoms with Gasteiger partial charge in [0.1, 0.15) is 0 Å². The Labute approximate surface area is 75.1 Å². The van der Waals surface area contributed by atoms with Gasteiger partial charge in [0.2, 0.25) is 0 Å². The van der Waals surface area contributed by atoms with Crippen molar-refractivity contribution in [2.75, 3.05) is 0 Å². The summed E-state index contributed by atoms with van der Waals surface area (Å²) in [6, 6.07) is 5.80. The van der Waals surface area contributed by atoms with Gasteiger partial charge in [-0.05, 0) is 0 Å². The van der Waals surface area contributed by atoms with Gasteiger partial charge < -0.3 is 0 Å². The number of benzene rings is 1. The molecule has 0 atom stereocenters. The molecule has 0 amide bonds. The van der Waals surface area contributed by atoms with Gasteiger partial charge >= 0.3 is 0 Å². The second-order valence-electron chi connectivity index (χ2n) is 1.63. The van der Waals surface area contributed by atoms with Gasteiger partial charge in [0, 0.05) is 24.4 Å². The van der Waals surface area contributed by atoms with Crippen LogP contribution in [0.5, 0.6) is 0 Å². The van der Waals surface area contributed by atoms with Crippen LogP contribution in [0.15, 0.2) is 18.2 Å². The third-order valence-corrected chi connectivity index (χ3v) is 0.982. The zero-order chi connectivity index (χ0) is 7.56. The van der Waals surface area contributed by atoms with Crippen molar-refractivity contribution in [2.45, 2.75) is 0 Å². The van der Waals surface area contributed by atoms with Crippen molar-refractivity contribution < 1.29 is 28.8 Å². The molecule has 3 nitrogen and oxygen atoms in total. The molecule has 1 radical (unpaired) electrons. The summed E-state index contributed by atoms with van der Waals surface area (Å²) in [5.74, 6) is -0.924. The van der Waals surface area contributed by atoms with E-state index in [1.54, 1.807) is 0 Å². The Bertz CT molecular complexity index is 267. The Hall–Kier alpha value is -0.827. The van der Waals surface area contributed by atoms with E-state index in [-0.39, 0.29) is 19.5 Å². The van der Waals surface area contributed by atoms with Crippen molar-refractivity contribution >= 4 is 5.69 Å². The summed E-state index contributed by atoms with van der Waals surface area (Å²) in [5, 5.41) is 9.97. The number of halogens is 1. The predicted molar refractivity (Wildman–Crippen MR) is 31.9 cm³/mol. The monoisotopic (exact) mass is 243 g/mol. The number of hydrogen-bond acceptors (Lipinski definition) is 2. The molecule has 0 spiro atoms. The molecule has 11 heavy (non-hydrogen) atoms. The molecule has 0 saturated carbocycles. The van der Waals surface area contributed by atoms with Gasteiger partial charge in [-0.1, -0.05) is 6.07 Å². The summed E-state index contributed by atoms with van der Waals surface area (Å²) in [5.41, 5.74) is -0.539. The Balaban J connectivity index is 0.000001000. The minimum absolute atomic E-state index is 0. The van der Waals surface area contributed by atoms with Crippen LogP contribution in [0.25, 0.3) is 0 Å². The SMILES string of the molecule is O=[N+]([O-])c1ccc[c-]c1F.[Rh]. The van der Waals surface area contributed by atoms with Crippen molar-refractivity contribution in [3.05, 3.63) is 40.2 Å². The minimum Gasteiger partial charge on any atom is -0.270 e. The quantitative estimate of drug-likeness (QED) is 0.325. The van der Waals surface area contributed by atoms with Crippen molar-refractivity contribution in [3.63, 3.8) is 0 Å². The van der Waals surface area contributed by atoms with Gasteiger partial charge in [-0.15, -0.1) is 6.07 Å². The molecular weight excluding hydrogens is 240 g/mol. The van der Waals surface area contributed by atoms with E-state index in [0.29, 0.717) is 0 Å². The van der Waals surface area contributed by atoms with E-state index in [9.17, 15) is 14.5 Å². The predicted octanol–water partition coefficient (Wildman–Crippen LogP) is 1.53. The van der Waals surface area contributed by atoms with E-state index < -0.39 is 16.4 Å². The largest absolute Gasteiger partial charge is 0.270 e. The van der Waals surface area contributed by atoms with Crippen molar-refractivity contribution in [3.8, 4) is 0 Å². The molecule has 0 aliphatic heterocycles. The van der Waals surface area contributed by atoms with Crippen LogP contribution in [-0.2, 0) is 19.5 Å². The van der Waals surface area contributed by atoms with E-state index in [1.807, 2.05) is 0 Å². The fourth-order valence-corrected chi connectivity index (χ4v) is 0.549. The smallest absolute Gasteiger partial charge is 0.197 e. The molecule has 0 heterocycles. The fraction of sp³-hybridized carbons (Fsp3) is 0. The van der Waals surface area contributed by atoms with Crippen LogP contribution in [0.4, 0.5) is 10.1 Å². The third kappa shape index (κ3) is 2.35. The summed E-state index contributed by atoms with van der Waals surface area (Å²) >= 11 is 0. The molecule has 0 unspecified atom stereocenters. The molecule has 61 valence electrons. The summed E-state index contributed by atoms with van der Waals surface area (Å²) in [6.07, 6.45) is 0. The first kappa shape index (κ1) is 10.2. The molecule has 0 aromatic heterocycles. The van der Waals surface area contributed by atoms with Gasteiger partial charge in [0.05, 0.1) is 5.82 Å². The van der Waals surface area contributed by atoms with E-state index in [0.717, 1.165) is 6.07 Å². The Morgan fingerprint density at radius 1 is 1.64 bits per heavy atom. The minimum atomic E-state index is -0.924. The van der Waals surface area contributed by atoms with E-state index in [2.05, 4.69) is 6.07 Å². The molecule has 0 aliphatic carbocycles. The first-order chi connectivity index (χ1) is 4.72. The fourth-order valence-electron chi connectivity index (χ4n) is 0.549. The van der Waals surface area contributed by atoms with E-state index in [4.69, 9.17) is 0 Å². The van der Waals surface area contributed by atoms with Crippen LogP contribution in [-0.4, -0.2) is 4.92 Å². The number of nitro benzene ring substituents is 1. The summed E-state index contributed by atoms with van der Waals surface area (Å²) in [7, 11) is 0. The van der Waals surface area contributed by atoms with Crippen molar-refractivity contribution in [2.24, 2.45) is 0 Å². The van der Waals surface area contributed by atoms with Gasteiger partial charge in [-0.25, -0.2) is 4.39 Å². The van der Waals surface area contributed by atoms with Gasteiger partial charge in [-0.2, -0.15) is 12.1 Å². The van der Waals surface area contributed by atoms with Gasteiger partial charge in [0.15, 0.2) is 5.69 Å². The van der Waals surface area contributed by atoms with Crippen molar-refractivity contribution in [1.29, 1.82) is 0 Å². The number of nitrogens with zero attached hydrogens (tertiary/aromatic N) is 1. The second kappa shape index (κ2) is 4.14. The van der Waals surface area contributed by atoms with Crippen LogP contribution in [0.2, 0.25) is 0 Å². The molecule has 1 rings (SSSR count). The van der Waals surface area contributed by atoms with E-state index >= 15 is 0 Å². The average molecular weight is 243 g/mol. The number of nitro groups is 1. The molecule has 0 saturated heterocycles. The van der Waals surface area contributed by atoms with Crippen LogP contribution >= 0.6 is 0 Å². The molecule has 0 N–H and O–H groups in total. The molecule has 0 bridgehead atoms. The summed E-state index contributed by atoms with van der Waals surface area (Å²) in [4.78, 5) is 9.18. The van der Waals surface area contributed by atoms with Crippen LogP contribution in [0, 0.1) is 22.0 Å². The molecule has 0 aliphatic rings. The summed E-state index contributed by atoms with van der Waals surface area (Å²) < 4.78 is 12.3. The zero-order valence-electron chi connectivity index (χ0n) is 5.21. The van der Waals surface area contributed by atoms with Gasteiger partial charge in [-0.3, -0.25) is 10.1 Å². The first-order valence-corrected chi connectivity index (χ1v) is 2.52. The molecule has 5 heteroatoms. The van der Waals surface area contributed by atoms with E-state index in [1.165, 1.54) is 12.1 Å². The third-order valence-electron chi connectivity index (χ3n) is 0.982. The molecule has 1 aromatic carbocycles. The topological polar surface area (TPSA) is 43.1 Å². The maximum Gasteiger partial charge on any atom is 0.197 e. The maximum atomic E-state index is 12.3. The normalized spacial score (nSPS) is 8.45. The molecular formula is C6H3FNO2Rh-.